The molecule has 0 aliphatic carbocycles. The van der Waals surface area contributed by atoms with Crippen LogP contribution < -0.4 is 0 Å². The van der Waals surface area contributed by atoms with Gasteiger partial charge in [0.05, 0.1) is 6.07 Å². The van der Waals surface area contributed by atoms with Gasteiger partial charge in [0, 0.05) is 19.4 Å². The lowest BCUT2D eigenvalue weighted by molar-refractivity contribution is -0.117. The minimum absolute atomic E-state index is 0.247. The molecule has 0 aliphatic heterocycles. The first-order valence-corrected chi connectivity index (χ1v) is 4.79. The van der Waals surface area contributed by atoms with Crippen LogP contribution in [0.3, 0.4) is 0 Å². The standard InChI is InChI=1S/C10H18N2O/c1-3-12(9-5-7-11)8-4-6-10(2)13/h3-6,8-9H2,1-2H3. The highest BCUT2D eigenvalue weighted by molar-refractivity contribution is 5.75. The Bertz CT molecular complexity index is 184. The molecule has 0 aromatic rings. The topological polar surface area (TPSA) is 44.1 Å². The average Bonchev–Trinajstić information content (AvgIpc) is 2.10. The van der Waals surface area contributed by atoms with Crippen LogP contribution in [0, 0.1) is 11.3 Å². The fourth-order valence-corrected chi connectivity index (χ4v) is 1.19. The van der Waals surface area contributed by atoms with Crippen molar-refractivity contribution in [1.82, 2.24) is 4.90 Å². The van der Waals surface area contributed by atoms with Crippen molar-refractivity contribution in [2.24, 2.45) is 0 Å². The number of rotatable bonds is 7. The fraction of sp³-hybridized carbons (Fsp3) is 0.800. The normalized spacial score (nSPS) is 10.0. The summed E-state index contributed by atoms with van der Waals surface area (Å²) in [4.78, 5) is 12.9. The minimum atomic E-state index is 0.247. The summed E-state index contributed by atoms with van der Waals surface area (Å²) in [5.41, 5.74) is 0. The van der Waals surface area contributed by atoms with E-state index in [0.29, 0.717) is 12.8 Å². The average molecular weight is 182 g/mol. The zero-order chi connectivity index (χ0) is 10.1. The second-order valence-electron chi connectivity index (χ2n) is 3.15. The summed E-state index contributed by atoms with van der Waals surface area (Å²) in [6.45, 7) is 6.40. The van der Waals surface area contributed by atoms with Gasteiger partial charge in [0.1, 0.15) is 5.78 Å². The van der Waals surface area contributed by atoms with Crippen molar-refractivity contribution in [3.05, 3.63) is 0 Å². The van der Waals surface area contributed by atoms with Crippen LogP contribution >= 0.6 is 0 Å². The number of carbonyl (C=O) groups is 1. The van der Waals surface area contributed by atoms with E-state index in [1.807, 2.05) is 0 Å². The van der Waals surface area contributed by atoms with Crippen molar-refractivity contribution >= 4 is 5.78 Å². The van der Waals surface area contributed by atoms with E-state index in [1.54, 1.807) is 6.92 Å². The van der Waals surface area contributed by atoms with Crippen LogP contribution in [0.2, 0.25) is 0 Å². The zero-order valence-corrected chi connectivity index (χ0v) is 8.55. The summed E-state index contributed by atoms with van der Waals surface area (Å²) < 4.78 is 0. The fourth-order valence-electron chi connectivity index (χ4n) is 1.19. The van der Waals surface area contributed by atoms with Gasteiger partial charge >= 0.3 is 0 Å². The highest BCUT2D eigenvalue weighted by Gasteiger charge is 2.01. The SMILES string of the molecule is CCN(CCC#N)CCCC(C)=O. The monoisotopic (exact) mass is 182 g/mol. The molecule has 0 N–H and O–H groups in total. The van der Waals surface area contributed by atoms with Crippen LogP contribution in [-0.2, 0) is 4.79 Å². The molecule has 0 aliphatic rings. The summed E-state index contributed by atoms with van der Waals surface area (Å²) in [5, 5.41) is 8.39. The van der Waals surface area contributed by atoms with Crippen molar-refractivity contribution in [2.45, 2.75) is 33.1 Å². The second-order valence-corrected chi connectivity index (χ2v) is 3.15. The number of ketones is 1. The van der Waals surface area contributed by atoms with Gasteiger partial charge in [0.15, 0.2) is 0 Å². The molecule has 0 saturated heterocycles. The molecule has 13 heavy (non-hydrogen) atoms. The van der Waals surface area contributed by atoms with Gasteiger partial charge in [-0.3, -0.25) is 0 Å². The van der Waals surface area contributed by atoms with Crippen molar-refractivity contribution in [3.63, 3.8) is 0 Å². The van der Waals surface area contributed by atoms with E-state index in [9.17, 15) is 4.79 Å². The quantitative estimate of drug-likeness (QED) is 0.600. The van der Waals surface area contributed by atoms with Crippen LogP contribution in [0.5, 0.6) is 0 Å². The van der Waals surface area contributed by atoms with Crippen molar-refractivity contribution < 1.29 is 4.79 Å². The molecular formula is C10H18N2O. The lowest BCUT2D eigenvalue weighted by Gasteiger charge is -2.17. The molecule has 0 aromatic carbocycles. The van der Waals surface area contributed by atoms with Crippen LogP contribution in [0.25, 0.3) is 0 Å². The van der Waals surface area contributed by atoms with Crippen LogP contribution in [0.1, 0.15) is 33.1 Å². The molecule has 3 heteroatoms. The van der Waals surface area contributed by atoms with E-state index >= 15 is 0 Å². The van der Waals surface area contributed by atoms with Gasteiger partial charge in [-0.05, 0) is 26.4 Å². The molecule has 74 valence electrons. The maximum atomic E-state index is 10.7. The zero-order valence-electron chi connectivity index (χ0n) is 8.55. The summed E-state index contributed by atoms with van der Waals surface area (Å²) in [7, 11) is 0. The van der Waals surface area contributed by atoms with Crippen molar-refractivity contribution in [1.29, 1.82) is 5.26 Å². The molecule has 0 rings (SSSR count). The highest BCUT2D eigenvalue weighted by atomic mass is 16.1. The van der Waals surface area contributed by atoms with Crippen molar-refractivity contribution in [2.75, 3.05) is 19.6 Å². The Morgan fingerprint density at radius 1 is 1.46 bits per heavy atom. The number of carbonyl (C=O) groups excluding carboxylic acids is 1. The van der Waals surface area contributed by atoms with Gasteiger partial charge < -0.3 is 9.69 Å². The smallest absolute Gasteiger partial charge is 0.129 e. The Hall–Kier alpha value is -0.880. The lowest BCUT2D eigenvalue weighted by Crippen LogP contribution is -2.25. The Kier molecular flexibility index (Phi) is 7.23. The molecule has 0 radical (unpaired) electrons. The molecule has 0 saturated carbocycles. The van der Waals surface area contributed by atoms with Crippen LogP contribution in [0.4, 0.5) is 0 Å². The van der Waals surface area contributed by atoms with E-state index in [2.05, 4.69) is 17.9 Å². The van der Waals surface area contributed by atoms with E-state index in [0.717, 1.165) is 26.1 Å². The predicted octanol–water partition coefficient (Wildman–Crippen LogP) is 1.59. The first-order chi connectivity index (χ1) is 6.20. The molecule has 0 amide bonds. The maximum Gasteiger partial charge on any atom is 0.129 e. The first-order valence-electron chi connectivity index (χ1n) is 4.79. The van der Waals surface area contributed by atoms with E-state index < -0.39 is 0 Å². The van der Waals surface area contributed by atoms with E-state index in [-0.39, 0.29) is 5.78 Å². The summed E-state index contributed by atoms with van der Waals surface area (Å²) in [6, 6.07) is 2.12. The third-order valence-corrected chi connectivity index (χ3v) is 1.99. The second kappa shape index (κ2) is 7.75. The van der Waals surface area contributed by atoms with Gasteiger partial charge in [-0.25, -0.2) is 0 Å². The first kappa shape index (κ1) is 12.1. The number of Topliss-reactive ketones (excluding diaryl/α,β-unsaturated/α-hetero) is 1. The lowest BCUT2D eigenvalue weighted by atomic mass is 10.2. The molecule has 0 heterocycles. The number of hydrogen-bond acceptors (Lipinski definition) is 3. The van der Waals surface area contributed by atoms with Gasteiger partial charge in [-0.1, -0.05) is 6.92 Å². The Balaban J connectivity index is 3.48. The van der Waals surface area contributed by atoms with Gasteiger partial charge in [0.25, 0.3) is 0 Å². The minimum Gasteiger partial charge on any atom is -0.303 e. The Labute approximate surface area is 80.3 Å². The Morgan fingerprint density at radius 3 is 2.62 bits per heavy atom. The van der Waals surface area contributed by atoms with E-state index in [1.165, 1.54) is 0 Å². The largest absolute Gasteiger partial charge is 0.303 e. The molecule has 3 nitrogen and oxygen atoms in total. The van der Waals surface area contributed by atoms with Gasteiger partial charge in [0.2, 0.25) is 0 Å². The molecule has 0 spiro atoms. The summed E-state index contributed by atoms with van der Waals surface area (Å²) in [5.74, 6) is 0.247. The third kappa shape index (κ3) is 7.48. The molecule has 0 bridgehead atoms. The predicted molar refractivity (Wildman–Crippen MR) is 52.3 cm³/mol. The maximum absolute atomic E-state index is 10.7. The summed E-state index contributed by atoms with van der Waals surface area (Å²) in [6.07, 6.45) is 2.14. The highest BCUT2D eigenvalue weighted by Crippen LogP contribution is 1.97. The van der Waals surface area contributed by atoms with Crippen LogP contribution in [-0.4, -0.2) is 30.3 Å². The number of hydrogen-bond donors (Lipinski definition) is 0. The molecule has 0 atom stereocenters. The van der Waals surface area contributed by atoms with E-state index in [4.69, 9.17) is 5.26 Å². The number of nitriles is 1. The Morgan fingerprint density at radius 2 is 2.15 bits per heavy atom. The van der Waals surface area contributed by atoms with Crippen LogP contribution in [0.15, 0.2) is 0 Å². The van der Waals surface area contributed by atoms with Gasteiger partial charge in [-0.15, -0.1) is 0 Å². The third-order valence-electron chi connectivity index (χ3n) is 1.99. The molecule has 0 fully saturated rings. The molecular weight excluding hydrogens is 164 g/mol. The molecule has 0 aromatic heterocycles. The number of nitrogens with zero attached hydrogens (tertiary/aromatic N) is 2. The van der Waals surface area contributed by atoms with Crippen molar-refractivity contribution in [3.8, 4) is 6.07 Å². The summed E-state index contributed by atoms with van der Waals surface area (Å²) >= 11 is 0. The molecule has 0 unspecified atom stereocenters. The van der Waals surface area contributed by atoms with Gasteiger partial charge in [-0.2, -0.15) is 5.26 Å².